The predicted molar refractivity (Wildman–Crippen MR) is 87.3 cm³/mol. The average molecular weight is 289 g/mol. The first kappa shape index (κ1) is 14.9. The molecule has 0 aromatic heterocycles. The standard InChI is InChI=1S/C17H21ClN2/c1-13-10-16(18)9-8-14(13)11-19-17-7-5-4-6-15(17)12-20(2)3/h4-10,19H,11-12H2,1-3H3. The van der Waals surface area contributed by atoms with Crippen LogP contribution in [0.25, 0.3) is 0 Å². The smallest absolute Gasteiger partial charge is 0.0408 e. The minimum absolute atomic E-state index is 0.791. The van der Waals surface area contributed by atoms with Gasteiger partial charge in [0.05, 0.1) is 0 Å². The highest BCUT2D eigenvalue weighted by Gasteiger charge is 2.04. The van der Waals surface area contributed by atoms with E-state index >= 15 is 0 Å². The molecule has 0 amide bonds. The van der Waals surface area contributed by atoms with Crippen LogP contribution >= 0.6 is 11.6 Å². The number of hydrogen-bond donors (Lipinski definition) is 1. The maximum absolute atomic E-state index is 5.99. The molecular weight excluding hydrogens is 268 g/mol. The minimum Gasteiger partial charge on any atom is -0.381 e. The number of benzene rings is 2. The van der Waals surface area contributed by atoms with Gasteiger partial charge < -0.3 is 10.2 Å². The molecule has 1 N–H and O–H groups in total. The molecule has 3 heteroatoms. The van der Waals surface area contributed by atoms with Crippen LogP contribution in [0.1, 0.15) is 16.7 Å². The number of hydrogen-bond acceptors (Lipinski definition) is 2. The van der Waals surface area contributed by atoms with Crippen LogP contribution < -0.4 is 5.32 Å². The van der Waals surface area contributed by atoms with Gasteiger partial charge in [-0.1, -0.05) is 35.9 Å². The van der Waals surface area contributed by atoms with Crippen LogP contribution in [0.4, 0.5) is 5.69 Å². The van der Waals surface area contributed by atoms with E-state index in [0.29, 0.717) is 0 Å². The lowest BCUT2D eigenvalue weighted by Gasteiger charge is -2.16. The Morgan fingerprint density at radius 3 is 2.50 bits per heavy atom. The van der Waals surface area contributed by atoms with E-state index in [4.69, 9.17) is 11.6 Å². The Hall–Kier alpha value is -1.51. The van der Waals surface area contributed by atoms with Crippen LogP contribution in [0.15, 0.2) is 42.5 Å². The lowest BCUT2D eigenvalue weighted by Crippen LogP contribution is -2.13. The summed E-state index contributed by atoms with van der Waals surface area (Å²) in [6.07, 6.45) is 0. The highest BCUT2D eigenvalue weighted by molar-refractivity contribution is 6.30. The summed E-state index contributed by atoms with van der Waals surface area (Å²) in [6.45, 7) is 3.84. The third-order valence-electron chi connectivity index (χ3n) is 3.28. The molecule has 106 valence electrons. The van der Waals surface area contributed by atoms with Gasteiger partial charge >= 0.3 is 0 Å². The summed E-state index contributed by atoms with van der Waals surface area (Å²) >= 11 is 5.99. The fraction of sp³-hybridized carbons (Fsp3) is 0.294. The zero-order chi connectivity index (χ0) is 14.5. The molecule has 0 aliphatic rings. The molecule has 0 atom stereocenters. The largest absolute Gasteiger partial charge is 0.381 e. The summed E-state index contributed by atoms with van der Waals surface area (Å²) in [5, 5.41) is 4.32. The Bertz CT molecular complexity index is 579. The molecule has 0 heterocycles. The third kappa shape index (κ3) is 3.99. The summed E-state index contributed by atoms with van der Waals surface area (Å²) < 4.78 is 0. The van der Waals surface area contributed by atoms with Crippen molar-refractivity contribution >= 4 is 17.3 Å². The lowest BCUT2D eigenvalue weighted by atomic mass is 10.1. The SMILES string of the molecule is Cc1cc(Cl)ccc1CNc1ccccc1CN(C)C. The van der Waals surface area contributed by atoms with E-state index < -0.39 is 0 Å². The van der Waals surface area contributed by atoms with Crippen LogP contribution in [-0.4, -0.2) is 19.0 Å². The van der Waals surface area contributed by atoms with Gasteiger partial charge in [0.15, 0.2) is 0 Å². The molecule has 0 radical (unpaired) electrons. The second-order valence-corrected chi connectivity index (χ2v) is 5.76. The number of nitrogens with zero attached hydrogens (tertiary/aromatic N) is 1. The molecule has 2 aromatic carbocycles. The Morgan fingerprint density at radius 2 is 1.80 bits per heavy atom. The molecule has 2 nitrogen and oxygen atoms in total. The molecule has 0 aliphatic heterocycles. The monoisotopic (exact) mass is 288 g/mol. The lowest BCUT2D eigenvalue weighted by molar-refractivity contribution is 0.403. The van der Waals surface area contributed by atoms with E-state index in [0.717, 1.165) is 18.1 Å². The van der Waals surface area contributed by atoms with Crippen LogP contribution in [0, 0.1) is 6.92 Å². The number of anilines is 1. The van der Waals surface area contributed by atoms with E-state index in [1.807, 2.05) is 12.1 Å². The highest BCUT2D eigenvalue weighted by Crippen LogP contribution is 2.20. The molecule has 0 saturated carbocycles. The predicted octanol–water partition coefficient (Wildman–Crippen LogP) is 4.32. The number of nitrogens with one attached hydrogen (secondary N) is 1. The fourth-order valence-electron chi connectivity index (χ4n) is 2.22. The number of rotatable bonds is 5. The van der Waals surface area contributed by atoms with E-state index in [1.165, 1.54) is 22.4 Å². The maximum Gasteiger partial charge on any atom is 0.0408 e. The topological polar surface area (TPSA) is 15.3 Å². The van der Waals surface area contributed by atoms with Gasteiger partial charge in [-0.3, -0.25) is 0 Å². The number of aryl methyl sites for hydroxylation is 1. The molecule has 0 bridgehead atoms. The summed E-state index contributed by atoms with van der Waals surface area (Å²) in [5.41, 5.74) is 4.99. The maximum atomic E-state index is 5.99. The molecule has 0 spiro atoms. The van der Waals surface area contributed by atoms with E-state index in [2.05, 4.69) is 61.6 Å². The van der Waals surface area contributed by atoms with Crippen LogP contribution in [0.5, 0.6) is 0 Å². The van der Waals surface area contributed by atoms with Crippen LogP contribution in [-0.2, 0) is 13.1 Å². The Balaban J connectivity index is 2.10. The Kier molecular flexibility index (Phi) is 5.05. The van der Waals surface area contributed by atoms with Crippen molar-refractivity contribution in [1.82, 2.24) is 4.90 Å². The second-order valence-electron chi connectivity index (χ2n) is 5.32. The van der Waals surface area contributed by atoms with Gasteiger partial charge in [0.25, 0.3) is 0 Å². The van der Waals surface area contributed by atoms with E-state index in [1.54, 1.807) is 0 Å². The van der Waals surface area contributed by atoms with Crippen molar-refractivity contribution in [3.8, 4) is 0 Å². The molecule has 20 heavy (non-hydrogen) atoms. The molecule has 2 aromatic rings. The molecule has 0 aliphatic carbocycles. The number of para-hydroxylation sites is 1. The summed E-state index contributed by atoms with van der Waals surface area (Å²) in [6, 6.07) is 14.5. The molecular formula is C17H21ClN2. The van der Waals surface area contributed by atoms with Crippen molar-refractivity contribution in [3.05, 3.63) is 64.2 Å². The summed E-state index contributed by atoms with van der Waals surface area (Å²) in [4.78, 5) is 2.17. The fourth-order valence-corrected chi connectivity index (χ4v) is 2.45. The van der Waals surface area contributed by atoms with Crippen molar-refractivity contribution < 1.29 is 0 Å². The molecule has 0 unspecified atom stereocenters. The Morgan fingerprint density at radius 1 is 1.05 bits per heavy atom. The van der Waals surface area contributed by atoms with Gasteiger partial charge in [0, 0.05) is 23.8 Å². The first-order valence-electron chi connectivity index (χ1n) is 6.78. The van der Waals surface area contributed by atoms with Gasteiger partial charge in [-0.25, -0.2) is 0 Å². The van der Waals surface area contributed by atoms with Crippen molar-refractivity contribution in [2.75, 3.05) is 19.4 Å². The van der Waals surface area contributed by atoms with E-state index in [9.17, 15) is 0 Å². The highest BCUT2D eigenvalue weighted by atomic mass is 35.5. The summed E-state index contributed by atoms with van der Waals surface area (Å²) in [7, 11) is 4.17. The third-order valence-corrected chi connectivity index (χ3v) is 3.51. The van der Waals surface area contributed by atoms with Crippen molar-refractivity contribution in [1.29, 1.82) is 0 Å². The quantitative estimate of drug-likeness (QED) is 0.881. The zero-order valence-corrected chi connectivity index (χ0v) is 13.0. The number of halogens is 1. The zero-order valence-electron chi connectivity index (χ0n) is 12.3. The Labute approximate surface area is 126 Å². The van der Waals surface area contributed by atoms with Crippen molar-refractivity contribution in [2.45, 2.75) is 20.0 Å². The van der Waals surface area contributed by atoms with Gasteiger partial charge in [-0.2, -0.15) is 0 Å². The average Bonchev–Trinajstić information content (AvgIpc) is 2.39. The van der Waals surface area contributed by atoms with Crippen LogP contribution in [0.3, 0.4) is 0 Å². The first-order valence-corrected chi connectivity index (χ1v) is 7.15. The van der Waals surface area contributed by atoms with Gasteiger partial charge in [-0.15, -0.1) is 0 Å². The normalized spacial score (nSPS) is 10.8. The van der Waals surface area contributed by atoms with Crippen molar-refractivity contribution in [2.24, 2.45) is 0 Å². The molecule has 2 rings (SSSR count). The van der Waals surface area contributed by atoms with Gasteiger partial charge in [0.1, 0.15) is 0 Å². The first-order chi connectivity index (χ1) is 9.56. The van der Waals surface area contributed by atoms with Crippen molar-refractivity contribution in [3.63, 3.8) is 0 Å². The minimum atomic E-state index is 0.791. The van der Waals surface area contributed by atoms with Crippen LogP contribution in [0.2, 0.25) is 5.02 Å². The van der Waals surface area contributed by atoms with Gasteiger partial charge in [-0.05, 0) is 55.9 Å². The van der Waals surface area contributed by atoms with Gasteiger partial charge in [0.2, 0.25) is 0 Å². The second kappa shape index (κ2) is 6.78. The molecule has 0 fully saturated rings. The molecule has 0 saturated heterocycles. The summed E-state index contributed by atoms with van der Waals surface area (Å²) in [5.74, 6) is 0. The van der Waals surface area contributed by atoms with E-state index in [-0.39, 0.29) is 0 Å².